The van der Waals surface area contributed by atoms with Crippen molar-refractivity contribution in [2.45, 2.75) is 108 Å². The molecule has 0 spiro atoms. The molecule has 1 saturated heterocycles. The minimum absolute atomic E-state index is 0.0305. The number of fused-ring (bicyclic) bond motifs is 2. The van der Waals surface area contributed by atoms with E-state index in [1.807, 2.05) is 12.2 Å². The number of esters is 1. The van der Waals surface area contributed by atoms with Crippen LogP contribution in [0.1, 0.15) is 79.6 Å². The van der Waals surface area contributed by atoms with E-state index in [1.165, 1.54) is 17.0 Å². The molecule has 1 aliphatic carbocycles. The molecule has 5 atom stereocenters. The van der Waals surface area contributed by atoms with E-state index < -0.39 is 63.2 Å². The number of nitrogens with zero attached hydrogens (tertiary/aromatic N) is 2. The lowest BCUT2D eigenvalue weighted by Gasteiger charge is -2.35. The molecule has 11 nitrogen and oxygen atoms in total. The average Bonchev–Trinajstić information content (AvgIpc) is 3.51. The second-order valence-corrected chi connectivity index (χ2v) is 15.4. The fourth-order valence-corrected chi connectivity index (χ4v) is 7.33. The topological polar surface area (TPSA) is 137 Å². The fourth-order valence-electron chi connectivity index (χ4n) is 5.99. The van der Waals surface area contributed by atoms with E-state index in [-0.39, 0.29) is 36.8 Å². The Bertz CT molecular complexity index is 1420. The van der Waals surface area contributed by atoms with Crippen molar-refractivity contribution in [2.75, 3.05) is 13.2 Å². The van der Waals surface area contributed by atoms with E-state index in [1.54, 1.807) is 46.8 Å². The molecule has 1 saturated carbocycles. The maximum Gasteiger partial charge on any atom is 0.418 e. The number of rotatable bonds is 5. The van der Waals surface area contributed by atoms with Crippen molar-refractivity contribution in [1.82, 2.24) is 9.80 Å². The molecule has 248 valence electrons. The first-order chi connectivity index (χ1) is 21.1. The highest BCUT2D eigenvalue weighted by Gasteiger charge is 2.69. The van der Waals surface area contributed by atoms with Crippen LogP contribution in [0.4, 0.5) is 4.79 Å². The van der Waals surface area contributed by atoms with Crippen LogP contribution < -0.4 is 0 Å². The molecule has 45 heavy (non-hydrogen) atoms. The summed E-state index contributed by atoms with van der Waals surface area (Å²) in [5.74, 6) is -2.90. The molecule has 1 aromatic carbocycles. The molecule has 4 rings (SSSR count). The monoisotopic (exact) mass is 710 g/mol. The highest BCUT2D eigenvalue weighted by Crippen LogP contribution is 2.52. The number of carbonyl (C=O) groups is 4. The van der Waals surface area contributed by atoms with Crippen LogP contribution in [0, 0.1) is 11.8 Å². The summed E-state index contributed by atoms with van der Waals surface area (Å²) < 4.78 is 43.7. The van der Waals surface area contributed by atoms with Gasteiger partial charge in [0.15, 0.2) is 5.54 Å². The van der Waals surface area contributed by atoms with E-state index in [0.29, 0.717) is 10.9 Å². The molecule has 13 heteroatoms. The third kappa shape index (κ3) is 7.97. The molecular weight excluding hydrogens is 668 g/mol. The van der Waals surface area contributed by atoms with Gasteiger partial charge in [-0.15, -0.1) is 0 Å². The van der Waals surface area contributed by atoms with E-state index in [0.717, 1.165) is 30.6 Å². The summed E-state index contributed by atoms with van der Waals surface area (Å²) in [5.41, 5.74) is -2.66. The molecule has 0 N–H and O–H groups in total. The molecule has 2 fully saturated rings. The minimum Gasteiger partial charge on any atom is -0.464 e. The molecule has 0 unspecified atom stereocenters. The molecular formula is C32H43BrN2O9S. The number of amides is 3. The Balaban J connectivity index is 1.77. The number of imide groups is 1. The Labute approximate surface area is 273 Å². The van der Waals surface area contributed by atoms with E-state index in [9.17, 15) is 27.6 Å². The Morgan fingerprint density at radius 1 is 1.07 bits per heavy atom. The molecule has 3 amide bonds. The number of hydrogen-bond donors (Lipinski definition) is 0. The van der Waals surface area contributed by atoms with Crippen LogP contribution >= 0.6 is 15.9 Å². The second kappa shape index (κ2) is 13.9. The summed E-state index contributed by atoms with van der Waals surface area (Å²) in [6, 6.07) is 4.63. The van der Waals surface area contributed by atoms with Crippen LogP contribution in [0.5, 0.6) is 0 Å². The van der Waals surface area contributed by atoms with Gasteiger partial charge in [-0.05, 0) is 77.6 Å². The number of benzene rings is 1. The molecule has 2 aliphatic heterocycles. The highest BCUT2D eigenvalue weighted by atomic mass is 79.9. The van der Waals surface area contributed by atoms with Crippen molar-refractivity contribution in [3.63, 3.8) is 0 Å². The van der Waals surface area contributed by atoms with Gasteiger partial charge >= 0.3 is 12.1 Å². The number of carbonyl (C=O) groups excluding carboxylic acids is 4. The van der Waals surface area contributed by atoms with Gasteiger partial charge in [0, 0.05) is 29.3 Å². The van der Waals surface area contributed by atoms with Gasteiger partial charge in [-0.2, -0.15) is 8.42 Å². The van der Waals surface area contributed by atoms with Gasteiger partial charge in [-0.25, -0.2) is 14.5 Å². The zero-order valence-electron chi connectivity index (χ0n) is 26.5. The number of allylic oxidation sites excluding steroid dienone is 1. The lowest BCUT2D eigenvalue weighted by atomic mass is 10.0. The van der Waals surface area contributed by atoms with Crippen LogP contribution in [0.2, 0.25) is 0 Å². The summed E-state index contributed by atoms with van der Waals surface area (Å²) in [6.07, 6.45) is 5.52. The van der Waals surface area contributed by atoms with E-state index in [2.05, 4.69) is 15.9 Å². The molecule has 2 heterocycles. The number of hydrogen-bond acceptors (Lipinski definition) is 9. The van der Waals surface area contributed by atoms with Crippen LogP contribution in [0.15, 0.2) is 45.8 Å². The van der Waals surface area contributed by atoms with Gasteiger partial charge in [0.1, 0.15) is 11.6 Å². The van der Waals surface area contributed by atoms with Crippen LogP contribution in [-0.2, 0) is 38.2 Å². The fraction of sp³-hybridized carbons (Fsp3) is 0.625. The standard InChI is InChI=1S/C32H43BrN2O9S/c1-6-42-29(38)32-19-22(32)13-11-9-7-8-10-12-21(2)27(36)34-20-24(44-45(40,41)25-16-14-23(33)15-17-25)18-26(34)28(37)35(32)30(39)43-31(3,4)5/h11,13-17,21-22,24,26H,6-10,12,18-20H2,1-5H3/b13-11-/t21-,22+,24-,26-,32+/m0/s1. The SMILES string of the molecule is CCOC(=O)[C@@]12C[C@H]1/C=C\CCCCC[C@H](C)C(=O)N1C[C@@H](OS(=O)(=O)c3ccc(Br)cc3)C[C@H]1C(=O)N2C(=O)OC(C)(C)C. The van der Waals surface area contributed by atoms with E-state index in [4.69, 9.17) is 13.7 Å². The summed E-state index contributed by atoms with van der Waals surface area (Å²) in [6.45, 7) is 8.20. The van der Waals surface area contributed by atoms with Gasteiger partial charge in [-0.3, -0.25) is 13.8 Å². The predicted molar refractivity (Wildman–Crippen MR) is 168 cm³/mol. The van der Waals surface area contributed by atoms with Gasteiger partial charge in [0.2, 0.25) is 5.91 Å². The van der Waals surface area contributed by atoms with E-state index >= 15 is 0 Å². The smallest absolute Gasteiger partial charge is 0.418 e. The van der Waals surface area contributed by atoms with Crippen molar-refractivity contribution >= 4 is 49.9 Å². The normalized spacial score (nSPS) is 28.8. The van der Waals surface area contributed by atoms with Crippen LogP contribution in [-0.4, -0.2) is 78.5 Å². The zero-order valence-corrected chi connectivity index (χ0v) is 28.9. The first-order valence-electron chi connectivity index (χ1n) is 15.5. The van der Waals surface area contributed by atoms with Crippen molar-refractivity contribution < 1.29 is 41.3 Å². The predicted octanol–water partition coefficient (Wildman–Crippen LogP) is 5.37. The maximum atomic E-state index is 14.6. The Kier molecular flexibility index (Phi) is 10.9. The van der Waals surface area contributed by atoms with Crippen LogP contribution in [0.3, 0.4) is 0 Å². The maximum absolute atomic E-state index is 14.6. The molecule has 0 aromatic heterocycles. The number of ether oxygens (including phenoxy) is 2. The Hall–Kier alpha value is -2.77. The molecule has 0 radical (unpaired) electrons. The van der Waals surface area contributed by atoms with Gasteiger partial charge < -0.3 is 14.4 Å². The van der Waals surface area contributed by atoms with Gasteiger partial charge in [0.05, 0.1) is 17.6 Å². The molecule has 0 bridgehead atoms. The van der Waals surface area contributed by atoms with Gasteiger partial charge in [-0.1, -0.05) is 47.8 Å². The first-order valence-corrected chi connectivity index (χ1v) is 17.7. The first kappa shape index (κ1) is 35.1. The minimum atomic E-state index is -4.26. The van der Waals surface area contributed by atoms with Crippen molar-refractivity contribution in [3.8, 4) is 0 Å². The Morgan fingerprint density at radius 3 is 2.40 bits per heavy atom. The van der Waals surface area contributed by atoms with Crippen LogP contribution in [0.25, 0.3) is 0 Å². The average molecular weight is 712 g/mol. The highest BCUT2D eigenvalue weighted by molar-refractivity contribution is 9.10. The number of halogens is 1. The third-order valence-corrected chi connectivity index (χ3v) is 10.2. The van der Waals surface area contributed by atoms with Gasteiger partial charge in [0.25, 0.3) is 16.0 Å². The second-order valence-electron chi connectivity index (χ2n) is 12.9. The summed E-state index contributed by atoms with van der Waals surface area (Å²) in [5, 5.41) is 0. The molecule has 3 aliphatic rings. The lowest BCUT2D eigenvalue weighted by Crippen LogP contribution is -2.59. The summed E-state index contributed by atoms with van der Waals surface area (Å²) >= 11 is 3.28. The quantitative estimate of drug-likeness (QED) is 0.225. The Morgan fingerprint density at radius 2 is 1.76 bits per heavy atom. The molecule has 1 aromatic rings. The summed E-state index contributed by atoms with van der Waals surface area (Å²) in [4.78, 5) is 57.9. The van der Waals surface area contributed by atoms with Crippen molar-refractivity contribution in [3.05, 3.63) is 40.9 Å². The zero-order chi connectivity index (χ0) is 33.2. The third-order valence-electron chi connectivity index (χ3n) is 8.30. The van der Waals surface area contributed by atoms with Crippen molar-refractivity contribution in [1.29, 1.82) is 0 Å². The van der Waals surface area contributed by atoms with Crippen molar-refractivity contribution in [2.24, 2.45) is 11.8 Å². The lowest BCUT2D eigenvalue weighted by molar-refractivity contribution is -0.159. The summed E-state index contributed by atoms with van der Waals surface area (Å²) in [7, 11) is -4.26. The largest absolute Gasteiger partial charge is 0.464 e.